The fraction of sp³-hybridized carbons (Fsp3) is 0.154. The van der Waals surface area contributed by atoms with Crippen LogP contribution in [0.3, 0.4) is 0 Å². The number of rotatable bonds is 12. The Bertz CT molecular complexity index is 4900. The van der Waals surface area contributed by atoms with Crippen molar-refractivity contribution in [2.24, 2.45) is 5.92 Å². The van der Waals surface area contributed by atoms with Gasteiger partial charge in [0.15, 0.2) is 0 Å². The first-order chi connectivity index (χ1) is 42.4. The second-order valence-electron chi connectivity index (χ2n) is 24.8. The average Bonchev–Trinajstić information content (AvgIpc) is 1.61. The predicted octanol–water partition coefficient (Wildman–Crippen LogP) is 19.3. The molecule has 0 radical (unpaired) electrons. The summed E-state index contributed by atoms with van der Waals surface area (Å²) in [4.78, 5) is 7.68. The first kappa shape index (κ1) is 52.5. The summed E-state index contributed by atoms with van der Waals surface area (Å²) in [7, 11) is 0. The van der Waals surface area contributed by atoms with Gasteiger partial charge in [-0.3, -0.25) is 0 Å². The molecule has 3 aromatic heterocycles. The molecule has 6 nitrogen and oxygen atoms in total. The van der Waals surface area contributed by atoms with E-state index in [0.717, 1.165) is 81.6 Å². The van der Waals surface area contributed by atoms with Crippen molar-refractivity contribution in [1.29, 1.82) is 0 Å². The molecule has 1 aliphatic heterocycles. The Labute approximate surface area is 519 Å². The number of pyridine rings is 1. The molecule has 424 valence electrons. The first-order valence-electron chi connectivity index (χ1n) is 30.7. The summed E-state index contributed by atoms with van der Waals surface area (Å²) in [6.45, 7) is 17.4. The van der Waals surface area contributed by atoms with Gasteiger partial charge in [-0.1, -0.05) is 48.5 Å². The van der Waals surface area contributed by atoms with Gasteiger partial charge >= 0.3 is 439 Å². The van der Waals surface area contributed by atoms with Crippen LogP contribution in [0.1, 0.15) is 74.8 Å². The average molecular weight is 1300 g/mol. The summed E-state index contributed by atoms with van der Waals surface area (Å²) in [6.07, 6.45) is -1.67. The Morgan fingerprint density at radius 1 is 0.547 bits per heavy atom. The van der Waals surface area contributed by atoms with Gasteiger partial charge in [0.2, 0.25) is 0 Å². The van der Waals surface area contributed by atoms with Crippen molar-refractivity contribution in [1.82, 2.24) is 18.6 Å². The summed E-state index contributed by atoms with van der Waals surface area (Å²) in [5.74, 6) is 1.15. The molecule has 0 unspecified atom stereocenters. The molecule has 0 saturated carbocycles. The molecule has 0 atom stereocenters. The van der Waals surface area contributed by atoms with E-state index in [0.29, 0.717) is 28.6 Å². The number of nitrogens with zero attached hydrogens (tertiary/aromatic N) is 5. The molecule has 4 heterocycles. The van der Waals surface area contributed by atoms with Crippen LogP contribution in [0, 0.1) is 21.9 Å². The fourth-order valence-electron chi connectivity index (χ4n) is 12.5. The van der Waals surface area contributed by atoms with E-state index in [-0.39, 0.29) is 23.7 Å². The molecule has 86 heavy (non-hydrogen) atoms. The van der Waals surface area contributed by atoms with E-state index in [1.165, 1.54) is 27.6 Å². The number of hydrogen-bond acceptors (Lipinski definition) is 3. The second-order valence-corrected chi connectivity index (χ2v) is 25.9. The van der Waals surface area contributed by atoms with Crippen LogP contribution in [0.15, 0.2) is 237 Å². The zero-order valence-corrected chi connectivity index (χ0v) is 51.9. The van der Waals surface area contributed by atoms with Gasteiger partial charge in [0.25, 0.3) is 0 Å². The summed E-state index contributed by atoms with van der Waals surface area (Å²) in [6, 6.07) is 90.9. The number of anilines is 2. The quantitative estimate of drug-likeness (QED) is 0.0904. The molecule has 0 aliphatic carbocycles. The molecule has 0 bridgehead atoms. The molecule has 0 N–H and O–H groups in total. The van der Waals surface area contributed by atoms with Crippen LogP contribution in [0.2, 0.25) is 0 Å². The zero-order valence-electron chi connectivity index (χ0n) is 51.6. The number of para-hydroxylation sites is 3. The van der Waals surface area contributed by atoms with Crippen LogP contribution in [0.4, 0.5) is 11.5 Å². The summed E-state index contributed by atoms with van der Waals surface area (Å²) >= 11 is 2.52. The molecule has 10 aromatic carbocycles. The third-order valence-corrected chi connectivity index (χ3v) is 17.7. The first-order valence-corrected chi connectivity index (χ1v) is 30.8. The van der Waals surface area contributed by atoms with Gasteiger partial charge in [0, 0.05) is 5.52 Å². The molecule has 0 fully saturated rings. The van der Waals surface area contributed by atoms with Crippen molar-refractivity contribution >= 4 is 56.8 Å². The molecule has 14 rings (SSSR count). The van der Waals surface area contributed by atoms with E-state index in [1.54, 1.807) is 0 Å². The van der Waals surface area contributed by atoms with Crippen molar-refractivity contribution in [2.75, 3.05) is 4.81 Å². The van der Waals surface area contributed by atoms with Gasteiger partial charge in [-0.05, 0) is 11.5 Å². The van der Waals surface area contributed by atoms with E-state index in [4.69, 9.17) is 9.72 Å². The van der Waals surface area contributed by atoms with Gasteiger partial charge in [0.1, 0.15) is 0 Å². The van der Waals surface area contributed by atoms with Crippen molar-refractivity contribution in [2.45, 2.75) is 72.6 Å². The van der Waals surface area contributed by atoms with Gasteiger partial charge in [-0.15, -0.1) is 5.39 Å². The third-order valence-electron chi connectivity index (χ3n) is 16.6. The molecule has 0 spiro atoms. The zero-order chi connectivity index (χ0) is 60.8. The minimum atomic E-state index is -1.67. The van der Waals surface area contributed by atoms with Gasteiger partial charge in [-0.25, -0.2) is 0 Å². The number of hydrogen-bond donors (Lipinski definition) is 0. The SMILES string of the molecule is [2H]C([2H])(c1ccccc1-c1ccc(-n2[c](=[Pt])n(-c3c(-c4ccccc4)cc(C(C)(C)C)cc3-c3cc(-c4ccccc4)cc(C(C)(C)C)c3)c3ccccc32)[c-]c1Oc1cccc(N2B(c3ccccc3)n3c4ccccc4c4cc[c-]c2c43)n1)C(C)C. The van der Waals surface area contributed by atoms with Crippen LogP contribution in [0.25, 0.3) is 88.7 Å². The van der Waals surface area contributed by atoms with Crippen LogP contribution in [0.5, 0.6) is 11.6 Å². The second kappa shape index (κ2) is 21.8. The van der Waals surface area contributed by atoms with Gasteiger partial charge < -0.3 is 0 Å². The van der Waals surface area contributed by atoms with Crippen LogP contribution >= 0.6 is 0 Å². The summed E-state index contributed by atoms with van der Waals surface area (Å²) < 4.78 is 34.4. The number of ether oxygens (including phenoxy) is 1. The standard InChI is InChI=1S/C78H66BN5O.Pt/c1-52(2)44-55-30-18-19-33-62(55)64-43-42-61(50-72(64)85-74-41-25-40-73(80-74)83-71-39-24-35-65-63-34-20-21-36-68(63)84(76(65)71)79(83)60-31-16-11-17-32-60)81-51-82(70-38-23-22-37-69(70)81)75-66(54-28-14-10-15-29-54)48-59(78(6,7)8)49-67(75)57-45-56(53-26-12-9-13-27-53)46-58(47-57)77(3,4)5;/h9-38,40-43,45-49,52H,44H2,1-8H3;/q-2;/i44D2;. The molecule has 1 aliphatic rings. The Morgan fingerprint density at radius 3 is 1.86 bits per heavy atom. The van der Waals surface area contributed by atoms with E-state index >= 15 is 0 Å². The van der Waals surface area contributed by atoms with Crippen molar-refractivity contribution in [3.63, 3.8) is 0 Å². The summed E-state index contributed by atoms with van der Waals surface area (Å²) in [5.41, 5.74) is 19.0. The van der Waals surface area contributed by atoms with E-state index in [9.17, 15) is 2.74 Å². The maximum atomic E-state index is 9.53. The number of imidazole rings is 1. The Balaban J connectivity index is 0.991. The van der Waals surface area contributed by atoms with E-state index in [1.807, 2.05) is 62.4 Å². The third kappa shape index (κ3) is 9.76. The Morgan fingerprint density at radius 2 is 1.15 bits per heavy atom. The molecule has 8 heteroatoms. The normalized spacial score (nSPS) is 13.1. The monoisotopic (exact) mass is 1300 g/mol. The topological polar surface area (TPSA) is 40.1 Å². The van der Waals surface area contributed by atoms with Crippen molar-refractivity contribution in [3.8, 4) is 67.5 Å². The van der Waals surface area contributed by atoms with Gasteiger partial charge in [-0.2, -0.15) is 12.1 Å². The Kier molecular flexibility index (Phi) is 13.3. The maximum absolute atomic E-state index is 9.53. The predicted molar refractivity (Wildman–Crippen MR) is 354 cm³/mol. The summed E-state index contributed by atoms with van der Waals surface area (Å²) in [5, 5.41) is 2.35. The molecule has 0 saturated heterocycles. The number of benzene rings is 10. The van der Waals surface area contributed by atoms with Crippen LogP contribution in [-0.2, 0) is 36.6 Å². The molecule has 0 amide bonds. The van der Waals surface area contributed by atoms with Crippen molar-refractivity contribution < 1.29 is 26.8 Å². The molecular formula is C78H66BN5OPt-2. The van der Waals surface area contributed by atoms with Gasteiger partial charge in [0.05, 0.1) is 0 Å². The fourth-order valence-corrected chi connectivity index (χ4v) is 13.6. The molecule has 13 aromatic rings. The number of aromatic nitrogens is 4. The van der Waals surface area contributed by atoms with Crippen LogP contribution < -0.4 is 15.0 Å². The van der Waals surface area contributed by atoms with Crippen LogP contribution in [-0.4, -0.2) is 25.6 Å². The number of fused-ring (bicyclic) bond motifs is 4. The van der Waals surface area contributed by atoms with E-state index < -0.39 is 6.37 Å². The van der Waals surface area contributed by atoms with Crippen molar-refractivity contribution in [3.05, 3.63) is 269 Å². The molecular weight excluding hydrogens is 1230 g/mol. The Hall–Kier alpha value is -9.03. The minimum absolute atomic E-state index is 0.147. The van der Waals surface area contributed by atoms with E-state index in [2.05, 4.69) is 280 Å².